The van der Waals surface area contributed by atoms with Crippen molar-refractivity contribution in [1.82, 2.24) is 0 Å². The first kappa shape index (κ1) is 16.0. The molecule has 0 aliphatic carbocycles. The Morgan fingerprint density at radius 1 is 0.870 bits per heavy atom. The Morgan fingerprint density at radius 2 is 1.30 bits per heavy atom. The third-order valence-electron chi connectivity index (χ3n) is 4.68. The molecule has 3 rings (SSSR count). The molecule has 0 radical (unpaired) electrons. The molecule has 124 valence electrons. The summed E-state index contributed by atoms with van der Waals surface area (Å²) in [5.41, 5.74) is 3.22. The fourth-order valence-electron chi connectivity index (χ4n) is 2.86. The molecule has 4 heteroatoms. The van der Waals surface area contributed by atoms with Crippen molar-refractivity contribution < 1.29 is 9.47 Å². The maximum Gasteiger partial charge on any atom is 0.216 e. The highest BCUT2D eigenvalue weighted by Gasteiger charge is 2.27. The molecule has 23 heavy (non-hydrogen) atoms. The van der Waals surface area contributed by atoms with Crippen molar-refractivity contribution in [3.05, 3.63) is 34.9 Å². The van der Waals surface area contributed by atoms with Gasteiger partial charge in [0.2, 0.25) is 11.8 Å². The molecule has 4 nitrogen and oxygen atoms in total. The Hall–Kier alpha value is -1.84. The highest BCUT2D eigenvalue weighted by molar-refractivity contribution is 6.02. The van der Waals surface area contributed by atoms with Crippen molar-refractivity contribution in [3.8, 4) is 0 Å². The highest BCUT2D eigenvalue weighted by Crippen LogP contribution is 2.24. The molecule has 1 aromatic carbocycles. The van der Waals surface area contributed by atoms with Crippen molar-refractivity contribution >= 4 is 11.8 Å². The van der Waals surface area contributed by atoms with Gasteiger partial charge < -0.3 is 9.47 Å². The Labute approximate surface area is 138 Å². The molecule has 0 amide bonds. The van der Waals surface area contributed by atoms with Crippen molar-refractivity contribution in [3.63, 3.8) is 0 Å². The van der Waals surface area contributed by atoms with E-state index in [1.165, 1.54) is 0 Å². The molecular weight excluding hydrogens is 288 g/mol. The molecule has 0 fully saturated rings. The number of nitrogens with zero attached hydrogens (tertiary/aromatic N) is 2. The average Bonchev–Trinajstić information content (AvgIpc) is 3.17. The maximum atomic E-state index is 5.84. The molecule has 1 aromatic rings. The summed E-state index contributed by atoms with van der Waals surface area (Å²) in [7, 11) is 0. The van der Waals surface area contributed by atoms with Gasteiger partial charge in [0.05, 0.1) is 12.1 Å². The molecule has 0 saturated carbocycles. The van der Waals surface area contributed by atoms with Crippen LogP contribution in [0.25, 0.3) is 0 Å². The van der Waals surface area contributed by atoms with Crippen LogP contribution in [0.1, 0.15) is 44.4 Å². The second kappa shape index (κ2) is 6.34. The molecule has 0 bridgehead atoms. The van der Waals surface area contributed by atoms with Gasteiger partial charge in [0, 0.05) is 11.1 Å². The van der Waals surface area contributed by atoms with E-state index in [9.17, 15) is 0 Å². The lowest BCUT2D eigenvalue weighted by Crippen LogP contribution is -2.13. The third kappa shape index (κ3) is 3.12. The summed E-state index contributed by atoms with van der Waals surface area (Å²) < 4.78 is 11.7. The normalized spacial score (nSPS) is 23.8. The van der Waals surface area contributed by atoms with E-state index in [0.29, 0.717) is 25.0 Å². The zero-order valence-corrected chi connectivity index (χ0v) is 14.7. The average molecular weight is 314 g/mol. The lowest BCUT2D eigenvalue weighted by molar-refractivity contribution is 0.291. The topological polar surface area (TPSA) is 43.2 Å². The van der Waals surface area contributed by atoms with E-state index >= 15 is 0 Å². The molecule has 0 N–H and O–H groups in total. The first-order valence-electron chi connectivity index (χ1n) is 8.49. The fraction of sp³-hybridized carbons (Fsp3) is 0.579. The zero-order valence-electron chi connectivity index (χ0n) is 14.7. The second-order valence-corrected chi connectivity index (χ2v) is 7.09. The van der Waals surface area contributed by atoms with E-state index in [-0.39, 0.29) is 12.1 Å². The van der Waals surface area contributed by atoms with E-state index in [0.717, 1.165) is 28.5 Å². The van der Waals surface area contributed by atoms with Gasteiger partial charge in [-0.2, -0.15) is 0 Å². The van der Waals surface area contributed by atoms with Crippen molar-refractivity contribution in [1.29, 1.82) is 0 Å². The van der Waals surface area contributed by atoms with Crippen LogP contribution in [0.4, 0.5) is 0 Å². The monoisotopic (exact) mass is 314 g/mol. The summed E-state index contributed by atoms with van der Waals surface area (Å²) in [6, 6.07) is 6.66. The lowest BCUT2D eigenvalue weighted by atomic mass is 10.0. The number of hydrogen-bond acceptors (Lipinski definition) is 4. The maximum absolute atomic E-state index is 5.84. The summed E-state index contributed by atoms with van der Waals surface area (Å²) in [5, 5.41) is 0. The van der Waals surface area contributed by atoms with Gasteiger partial charge in [-0.25, -0.2) is 9.98 Å². The summed E-state index contributed by atoms with van der Waals surface area (Å²) in [4.78, 5) is 9.49. The quantitative estimate of drug-likeness (QED) is 0.852. The summed E-state index contributed by atoms with van der Waals surface area (Å²) >= 11 is 0. The minimum absolute atomic E-state index is 0.249. The highest BCUT2D eigenvalue weighted by atomic mass is 16.5. The van der Waals surface area contributed by atoms with Crippen LogP contribution in [0.5, 0.6) is 0 Å². The molecule has 0 aromatic heterocycles. The molecular formula is C19H26N2O2. The van der Waals surface area contributed by atoms with E-state index in [2.05, 4.69) is 46.8 Å². The molecule has 0 unspecified atom stereocenters. The van der Waals surface area contributed by atoms with Crippen molar-refractivity contribution in [2.75, 3.05) is 13.2 Å². The van der Waals surface area contributed by atoms with Gasteiger partial charge in [0.1, 0.15) is 13.2 Å². The predicted molar refractivity (Wildman–Crippen MR) is 93.4 cm³/mol. The number of ether oxygens (including phenoxy) is 2. The summed E-state index contributed by atoms with van der Waals surface area (Å²) in [6.45, 7) is 12.1. The third-order valence-corrected chi connectivity index (χ3v) is 4.68. The summed E-state index contributed by atoms with van der Waals surface area (Å²) in [5.74, 6) is 2.49. The Morgan fingerprint density at radius 3 is 1.65 bits per heavy atom. The Bertz CT molecular complexity index is 595. The van der Waals surface area contributed by atoms with Crippen LogP contribution in [-0.4, -0.2) is 37.1 Å². The van der Waals surface area contributed by atoms with Gasteiger partial charge in [-0.3, -0.25) is 0 Å². The molecule has 0 saturated heterocycles. The smallest absolute Gasteiger partial charge is 0.216 e. The second-order valence-electron chi connectivity index (χ2n) is 7.09. The van der Waals surface area contributed by atoms with Crippen LogP contribution < -0.4 is 0 Å². The Kier molecular flexibility index (Phi) is 4.42. The van der Waals surface area contributed by atoms with Gasteiger partial charge in [0.15, 0.2) is 0 Å². The number of rotatable bonds is 4. The molecule has 2 aliphatic rings. The molecule has 2 aliphatic heterocycles. The van der Waals surface area contributed by atoms with Crippen LogP contribution in [0, 0.1) is 18.8 Å². The minimum atomic E-state index is 0.249. The van der Waals surface area contributed by atoms with E-state index in [1.54, 1.807) is 0 Å². The van der Waals surface area contributed by atoms with Gasteiger partial charge in [-0.05, 0) is 36.5 Å². The van der Waals surface area contributed by atoms with Gasteiger partial charge in [-0.15, -0.1) is 0 Å². The first-order valence-corrected chi connectivity index (χ1v) is 8.49. The SMILES string of the molecule is Cc1c(C2=N[C@@H](C(C)C)CO2)cccc1C1=N[C@@H](C(C)C)CO1. The predicted octanol–water partition coefficient (Wildman–Crippen LogP) is 3.60. The van der Waals surface area contributed by atoms with E-state index in [4.69, 9.17) is 19.5 Å². The number of benzene rings is 1. The van der Waals surface area contributed by atoms with Crippen molar-refractivity contribution in [2.45, 2.75) is 46.7 Å². The first-order chi connectivity index (χ1) is 11.0. The zero-order chi connectivity index (χ0) is 16.6. The lowest BCUT2D eigenvalue weighted by Gasteiger charge is -2.10. The molecule has 2 heterocycles. The van der Waals surface area contributed by atoms with Crippen LogP contribution in [-0.2, 0) is 9.47 Å². The largest absolute Gasteiger partial charge is 0.475 e. The van der Waals surface area contributed by atoms with Crippen molar-refractivity contribution in [2.24, 2.45) is 21.8 Å². The number of aliphatic imine (C=N–C) groups is 2. The van der Waals surface area contributed by atoms with Crippen LogP contribution in [0.3, 0.4) is 0 Å². The molecule has 0 spiro atoms. The fourth-order valence-corrected chi connectivity index (χ4v) is 2.86. The van der Waals surface area contributed by atoms with Gasteiger partial charge >= 0.3 is 0 Å². The summed E-state index contributed by atoms with van der Waals surface area (Å²) in [6.07, 6.45) is 0. The molecule has 2 atom stereocenters. The van der Waals surface area contributed by atoms with Crippen LogP contribution >= 0.6 is 0 Å². The Balaban J connectivity index is 1.91. The number of hydrogen-bond donors (Lipinski definition) is 0. The van der Waals surface area contributed by atoms with Crippen LogP contribution in [0.2, 0.25) is 0 Å². The van der Waals surface area contributed by atoms with Crippen LogP contribution in [0.15, 0.2) is 28.2 Å². The van der Waals surface area contributed by atoms with Gasteiger partial charge in [0.25, 0.3) is 0 Å². The van der Waals surface area contributed by atoms with E-state index < -0.39 is 0 Å². The minimum Gasteiger partial charge on any atom is -0.475 e. The van der Waals surface area contributed by atoms with E-state index in [1.807, 2.05) is 6.07 Å². The van der Waals surface area contributed by atoms with Gasteiger partial charge in [-0.1, -0.05) is 33.8 Å². The standard InChI is InChI=1S/C19H26N2O2/c1-11(2)16-9-22-18(20-16)14-7-6-8-15(13(14)5)19-21-17(10-23-19)12(3)4/h6-8,11-12,16-17H,9-10H2,1-5H3/t16-,17-/m1/s1.